The van der Waals surface area contributed by atoms with Crippen molar-refractivity contribution in [1.29, 1.82) is 0 Å². The van der Waals surface area contributed by atoms with E-state index in [1.165, 1.54) is 0 Å². The number of rotatable bonds is 2. The number of aryl methyl sites for hydroxylation is 1. The van der Waals surface area contributed by atoms with Crippen LogP contribution in [0.1, 0.15) is 0 Å². The van der Waals surface area contributed by atoms with E-state index >= 15 is 0 Å². The quantitative estimate of drug-likeness (QED) is 0.718. The molecule has 0 fully saturated rings. The van der Waals surface area contributed by atoms with E-state index in [2.05, 4.69) is 15.9 Å². The van der Waals surface area contributed by atoms with Crippen molar-refractivity contribution in [2.75, 3.05) is 5.88 Å². The second-order valence-electron chi connectivity index (χ2n) is 2.04. The van der Waals surface area contributed by atoms with Crippen molar-refractivity contribution in [3.8, 4) is 0 Å². The molecular formula is C7H7BrClNO. The molecule has 2 nitrogen and oxygen atoms in total. The standard InChI is InChI=1S/C7H7BrClNO/c8-6-2-1-4-10(5-3-9)7(6)11/h1-2,4H,3,5H2. The van der Waals surface area contributed by atoms with Crippen LogP contribution in [0.25, 0.3) is 0 Å². The lowest BCUT2D eigenvalue weighted by molar-refractivity contribution is 0.728. The van der Waals surface area contributed by atoms with Crippen molar-refractivity contribution in [3.05, 3.63) is 33.2 Å². The average molecular weight is 236 g/mol. The molecule has 0 radical (unpaired) electrons. The van der Waals surface area contributed by atoms with E-state index in [0.717, 1.165) is 0 Å². The van der Waals surface area contributed by atoms with Crippen LogP contribution < -0.4 is 5.56 Å². The van der Waals surface area contributed by atoms with Crippen LogP contribution in [0.5, 0.6) is 0 Å². The van der Waals surface area contributed by atoms with Gasteiger partial charge in [-0.05, 0) is 28.1 Å². The van der Waals surface area contributed by atoms with Gasteiger partial charge in [-0.3, -0.25) is 4.79 Å². The lowest BCUT2D eigenvalue weighted by Crippen LogP contribution is -2.20. The SMILES string of the molecule is O=c1c(Br)cccn1CCCl. The Kier molecular flexibility index (Phi) is 3.15. The predicted octanol–water partition coefficient (Wildman–Crippen LogP) is 1.85. The van der Waals surface area contributed by atoms with Gasteiger partial charge in [0.1, 0.15) is 0 Å². The van der Waals surface area contributed by atoms with Crippen molar-refractivity contribution in [2.24, 2.45) is 0 Å². The number of alkyl halides is 1. The summed E-state index contributed by atoms with van der Waals surface area (Å²) >= 11 is 8.62. The minimum atomic E-state index is -0.0341. The number of nitrogens with zero attached hydrogens (tertiary/aromatic N) is 1. The Labute approximate surface area is 77.9 Å². The van der Waals surface area contributed by atoms with Crippen molar-refractivity contribution in [3.63, 3.8) is 0 Å². The molecule has 1 aromatic rings. The van der Waals surface area contributed by atoms with E-state index in [-0.39, 0.29) is 5.56 Å². The van der Waals surface area contributed by atoms with Crippen LogP contribution in [0.3, 0.4) is 0 Å². The molecule has 0 bridgehead atoms. The van der Waals surface area contributed by atoms with E-state index in [9.17, 15) is 4.79 Å². The van der Waals surface area contributed by atoms with Gasteiger partial charge in [-0.15, -0.1) is 11.6 Å². The van der Waals surface area contributed by atoms with Gasteiger partial charge in [0.15, 0.2) is 0 Å². The fourth-order valence-electron chi connectivity index (χ4n) is 0.775. The van der Waals surface area contributed by atoms with Gasteiger partial charge in [-0.25, -0.2) is 0 Å². The summed E-state index contributed by atoms with van der Waals surface area (Å²) in [7, 11) is 0. The third-order valence-electron chi connectivity index (χ3n) is 1.30. The van der Waals surface area contributed by atoms with E-state index in [1.54, 1.807) is 22.9 Å². The molecule has 0 unspecified atom stereocenters. The first-order valence-corrected chi connectivity index (χ1v) is 4.49. The maximum atomic E-state index is 11.2. The Morgan fingerprint density at radius 2 is 2.36 bits per heavy atom. The van der Waals surface area contributed by atoms with Crippen LogP contribution in [0.4, 0.5) is 0 Å². The highest BCUT2D eigenvalue weighted by atomic mass is 79.9. The molecule has 0 aromatic carbocycles. The molecular weight excluding hydrogens is 229 g/mol. The Morgan fingerprint density at radius 1 is 1.64 bits per heavy atom. The van der Waals surface area contributed by atoms with Crippen molar-refractivity contribution in [1.82, 2.24) is 4.57 Å². The lowest BCUT2D eigenvalue weighted by atomic mass is 10.5. The number of hydrogen-bond acceptors (Lipinski definition) is 1. The monoisotopic (exact) mass is 235 g/mol. The summed E-state index contributed by atoms with van der Waals surface area (Å²) in [5.41, 5.74) is -0.0341. The maximum absolute atomic E-state index is 11.2. The summed E-state index contributed by atoms with van der Waals surface area (Å²) < 4.78 is 2.14. The molecule has 1 heterocycles. The first-order chi connectivity index (χ1) is 5.25. The number of aromatic nitrogens is 1. The molecule has 0 aliphatic heterocycles. The zero-order valence-corrected chi connectivity index (χ0v) is 8.10. The van der Waals surface area contributed by atoms with Crippen LogP contribution in [0.15, 0.2) is 27.6 Å². The van der Waals surface area contributed by atoms with Gasteiger partial charge in [0, 0.05) is 18.6 Å². The van der Waals surface area contributed by atoms with Crippen LogP contribution in [0, 0.1) is 0 Å². The highest BCUT2D eigenvalue weighted by Gasteiger charge is 1.97. The molecule has 4 heteroatoms. The lowest BCUT2D eigenvalue weighted by Gasteiger charge is -2.01. The van der Waals surface area contributed by atoms with Crippen molar-refractivity contribution in [2.45, 2.75) is 6.54 Å². The van der Waals surface area contributed by atoms with Gasteiger partial charge in [0.25, 0.3) is 5.56 Å². The van der Waals surface area contributed by atoms with Gasteiger partial charge in [0.05, 0.1) is 4.47 Å². The Hall–Kier alpha value is -0.280. The van der Waals surface area contributed by atoms with Crippen LogP contribution in [0.2, 0.25) is 0 Å². The highest BCUT2D eigenvalue weighted by Crippen LogP contribution is 2.00. The van der Waals surface area contributed by atoms with Gasteiger partial charge in [0.2, 0.25) is 0 Å². The zero-order chi connectivity index (χ0) is 8.27. The van der Waals surface area contributed by atoms with Crippen molar-refractivity contribution < 1.29 is 0 Å². The third kappa shape index (κ3) is 2.07. The molecule has 0 amide bonds. The Balaban J connectivity index is 3.07. The Bertz CT molecular complexity index is 297. The fourth-order valence-corrected chi connectivity index (χ4v) is 1.34. The summed E-state index contributed by atoms with van der Waals surface area (Å²) in [4.78, 5) is 11.2. The first kappa shape index (κ1) is 8.81. The molecule has 0 spiro atoms. The van der Waals surface area contributed by atoms with Gasteiger partial charge >= 0.3 is 0 Å². The summed E-state index contributed by atoms with van der Waals surface area (Å²) in [6.07, 6.45) is 1.72. The molecule has 0 N–H and O–H groups in total. The predicted molar refractivity (Wildman–Crippen MR) is 49.1 cm³/mol. The number of hydrogen-bond donors (Lipinski definition) is 0. The molecule has 11 heavy (non-hydrogen) atoms. The molecule has 0 aliphatic carbocycles. The molecule has 60 valence electrons. The maximum Gasteiger partial charge on any atom is 0.264 e. The summed E-state index contributed by atoms with van der Waals surface area (Å²) in [6.45, 7) is 0.555. The topological polar surface area (TPSA) is 22.0 Å². The van der Waals surface area contributed by atoms with Crippen molar-refractivity contribution >= 4 is 27.5 Å². The molecule has 0 aliphatic rings. The van der Waals surface area contributed by atoms with E-state index < -0.39 is 0 Å². The summed E-state index contributed by atoms with van der Waals surface area (Å²) in [6, 6.07) is 3.52. The number of halogens is 2. The summed E-state index contributed by atoms with van der Waals surface area (Å²) in [5, 5.41) is 0. The zero-order valence-electron chi connectivity index (χ0n) is 5.76. The van der Waals surface area contributed by atoms with Crippen LogP contribution in [-0.2, 0) is 6.54 Å². The third-order valence-corrected chi connectivity index (χ3v) is 2.07. The summed E-state index contributed by atoms with van der Waals surface area (Å²) in [5.74, 6) is 0.455. The van der Waals surface area contributed by atoms with Gasteiger partial charge < -0.3 is 4.57 Å². The second-order valence-corrected chi connectivity index (χ2v) is 3.28. The second kappa shape index (κ2) is 3.93. The van der Waals surface area contributed by atoms with E-state index in [1.807, 2.05) is 0 Å². The number of pyridine rings is 1. The van der Waals surface area contributed by atoms with Gasteiger partial charge in [-0.1, -0.05) is 0 Å². The molecule has 0 saturated carbocycles. The molecule has 1 rings (SSSR count). The largest absolute Gasteiger partial charge is 0.313 e. The van der Waals surface area contributed by atoms with Gasteiger partial charge in [-0.2, -0.15) is 0 Å². The average Bonchev–Trinajstić information content (AvgIpc) is 1.99. The highest BCUT2D eigenvalue weighted by molar-refractivity contribution is 9.10. The molecule has 1 aromatic heterocycles. The van der Waals surface area contributed by atoms with Crippen LogP contribution >= 0.6 is 27.5 Å². The van der Waals surface area contributed by atoms with Crippen LogP contribution in [-0.4, -0.2) is 10.4 Å². The Morgan fingerprint density at radius 3 is 3.00 bits per heavy atom. The smallest absolute Gasteiger partial charge is 0.264 e. The normalized spacial score (nSPS) is 10.0. The fraction of sp³-hybridized carbons (Fsp3) is 0.286. The molecule has 0 saturated heterocycles. The minimum Gasteiger partial charge on any atom is -0.313 e. The van der Waals surface area contributed by atoms with E-state index in [0.29, 0.717) is 16.9 Å². The first-order valence-electron chi connectivity index (χ1n) is 3.16. The molecule has 0 atom stereocenters. The minimum absolute atomic E-state index is 0.0341. The van der Waals surface area contributed by atoms with E-state index in [4.69, 9.17) is 11.6 Å².